The third kappa shape index (κ3) is 3.45. The standard InChI is InChI=1S/C14H19ClN2O2/c1-10(2)12-5-6-16(9-12)8-11-3-4-13(15)14(7-11)17(18)19/h3-4,7,10,12H,5-6,8-9H2,1-2H3. The second-order valence-corrected chi connectivity index (χ2v) is 5.98. The normalized spacial score (nSPS) is 20.1. The Morgan fingerprint density at radius 2 is 2.26 bits per heavy atom. The van der Waals surface area contributed by atoms with Gasteiger partial charge in [-0.1, -0.05) is 31.5 Å². The van der Waals surface area contributed by atoms with Crippen LogP contribution >= 0.6 is 11.6 Å². The summed E-state index contributed by atoms with van der Waals surface area (Å²) in [5.41, 5.74) is 0.958. The van der Waals surface area contributed by atoms with Gasteiger partial charge in [-0.3, -0.25) is 15.0 Å². The van der Waals surface area contributed by atoms with E-state index in [9.17, 15) is 10.1 Å². The average molecular weight is 283 g/mol. The van der Waals surface area contributed by atoms with E-state index in [-0.39, 0.29) is 10.7 Å². The number of hydrogen-bond donors (Lipinski definition) is 0. The van der Waals surface area contributed by atoms with E-state index in [0.717, 1.165) is 31.1 Å². The van der Waals surface area contributed by atoms with Gasteiger partial charge in [-0.05, 0) is 36.4 Å². The summed E-state index contributed by atoms with van der Waals surface area (Å²) in [5.74, 6) is 1.44. The van der Waals surface area contributed by atoms with Crippen molar-refractivity contribution in [3.63, 3.8) is 0 Å². The van der Waals surface area contributed by atoms with Gasteiger partial charge in [0.2, 0.25) is 0 Å². The molecule has 104 valence electrons. The van der Waals surface area contributed by atoms with E-state index in [1.165, 1.54) is 6.42 Å². The number of nitro benzene ring substituents is 1. The molecule has 1 heterocycles. The molecule has 1 unspecified atom stereocenters. The van der Waals surface area contributed by atoms with Gasteiger partial charge in [-0.15, -0.1) is 0 Å². The SMILES string of the molecule is CC(C)C1CCN(Cc2ccc(Cl)c([N+](=O)[O-])c2)C1. The second-order valence-electron chi connectivity index (χ2n) is 5.57. The van der Waals surface area contributed by atoms with E-state index in [0.29, 0.717) is 5.92 Å². The molecular formula is C14H19ClN2O2. The van der Waals surface area contributed by atoms with Gasteiger partial charge in [-0.2, -0.15) is 0 Å². The monoisotopic (exact) mass is 282 g/mol. The third-order valence-electron chi connectivity index (χ3n) is 3.87. The fraction of sp³-hybridized carbons (Fsp3) is 0.571. The molecule has 0 bridgehead atoms. The molecule has 0 N–H and O–H groups in total. The minimum atomic E-state index is -0.424. The molecule has 2 rings (SSSR count). The third-order valence-corrected chi connectivity index (χ3v) is 4.18. The molecule has 0 radical (unpaired) electrons. The number of likely N-dealkylation sites (tertiary alicyclic amines) is 1. The molecule has 1 aliphatic rings. The first-order valence-corrected chi connectivity index (χ1v) is 7.00. The highest BCUT2D eigenvalue weighted by molar-refractivity contribution is 6.32. The summed E-state index contributed by atoms with van der Waals surface area (Å²) in [6, 6.07) is 5.08. The molecular weight excluding hydrogens is 264 g/mol. The molecule has 19 heavy (non-hydrogen) atoms. The Labute approximate surface area is 118 Å². The van der Waals surface area contributed by atoms with Crippen LogP contribution in [0.25, 0.3) is 0 Å². The highest BCUT2D eigenvalue weighted by Gasteiger charge is 2.25. The lowest BCUT2D eigenvalue weighted by molar-refractivity contribution is -0.384. The Morgan fingerprint density at radius 1 is 1.53 bits per heavy atom. The molecule has 1 fully saturated rings. The van der Waals surface area contributed by atoms with Crippen LogP contribution in [0, 0.1) is 22.0 Å². The van der Waals surface area contributed by atoms with E-state index in [2.05, 4.69) is 18.7 Å². The van der Waals surface area contributed by atoms with Gasteiger partial charge >= 0.3 is 0 Å². The fourth-order valence-corrected chi connectivity index (χ4v) is 2.79. The predicted molar refractivity (Wildman–Crippen MR) is 76.3 cm³/mol. The van der Waals surface area contributed by atoms with Gasteiger partial charge in [0.25, 0.3) is 5.69 Å². The molecule has 0 aromatic heterocycles. The summed E-state index contributed by atoms with van der Waals surface area (Å²) in [6.45, 7) is 7.41. The van der Waals surface area contributed by atoms with Crippen molar-refractivity contribution in [2.75, 3.05) is 13.1 Å². The van der Waals surface area contributed by atoms with Gasteiger partial charge in [0.05, 0.1) is 4.92 Å². The van der Waals surface area contributed by atoms with Gasteiger partial charge in [0, 0.05) is 19.2 Å². The number of rotatable bonds is 4. The van der Waals surface area contributed by atoms with Crippen LogP contribution in [0.2, 0.25) is 5.02 Å². The quantitative estimate of drug-likeness (QED) is 0.624. The summed E-state index contributed by atoms with van der Waals surface area (Å²) in [5, 5.41) is 11.1. The van der Waals surface area contributed by atoms with E-state index < -0.39 is 4.92 Å². The van der Waals surface area contributed by atoms with Crippen molar-refractivity contribution >= 4 is 17.3 Å². The topological polar surface area (TPSA) is 46.4 Å². The molecule has 0 saturated carbocycles. The summed E-state index contributed by atoms with van der Waals surface area (Å²) >= 11 is 5.82. The molecule has 1 aliphatic heterocycles. The highest BCUT2D eigenvalue weighted by Crippen LogP contribution is 2.28. The number of nitro groups is 1. The van der Waals surface area contributed by atoms with Crippen LogP contribution in [-0.2, 0) is 6.54 Å². The van der Waals surface area contributed by atoms with Crippen molar-refractivity contribution in [1.29, 1.82) is 0 Å². The lowest BCUT2D eigenvalue weighted by atomic mass is 9.95. The Hall–Kier alpha value is -1.13. The van der Waals surface area contributed by atoms with Crippen molar-refractivity contribution in [1.82, 2.24) is 4.90 Å². The minimum Gasteiger partial charge on any atom is -0.299 e. The van der Waals surface area contributed by atoms with Crippen LogP contribution in [-0.4, -0.2) is 22.9 Å². The van der Waals surface area contributed by atoms with Crippen molar-refractivity contribution in [3.05, 3.63) is 38.9 Å². The van der Waals surface area contributed by atoms with Crippen LogP contribution in [0.4, 0.5) is 5.69 Å². The molecule has 0 aliphatic carbocycles. The molecule has 1 saturated heterocycles. The fourth-order valence-electron chi connectivity index (χ4n) is 2.61. The molecule has 0 amide bonds. The molecule has 1 atom stereocenters. The molecule has 5 heteroatoms. The maximum absolute atomic E-state index is 10.9. The van der Waals surface area contributed by atoms with E-state index in [1.54, 1.807) is 12.1 Å². The van der Waals surface area contributed by atoms with Crippen LogP contribution in [0.5, 0.6) is 0 Å². The van der Waals surface area contributed by atoms with Gasteiger partial charge in [-0.25, -0.2) is 0 Å². The van der Waals surface area contributed by atoms with Gasteiger partial charge in [0.1, 0.15) is 5.02 Å². The van der Waals surface area contributed by atoms with Gasteiger partial charge < -0.3 is 0 Å². The van der Waals surface area contributed by atoms with Crippen molar-refractivity contribution in [2.45, 2.75) is 26.8 Å². The summed E-state index contributed by atoms with van der Waals surface area (Å²) in [4.78, 5) is 12.8. The Kier molecular flexibility index (Phi) is 4.42. The van der Waals surface area contributed by atoms with Crippen LogP contribution in [0.1, 0.15) is 25.8 Å². The van der Waals surface area contributed by atoms with E-state index in [4.69, 9.17) is 11.6 Å². The first kappa shape index (κ1) is 14.3. The Morgan fingerprint density at radius 3 is 2.84 bits per heavy atom. The maximum atomic E-state index is 10.9. The first-order chi connectivity index (χ1) is 8.97. The van der Waals surface area contributed by atoms with Crippen molar-refractivity contribution < 1.29 is 4.92 Å². The zero-order valence-electron chi connectivity index (χ0n) is 11.3. The maximum Gasteiger partial charge on any atom is 0.288 e. The number of nitrogens with zero attached hydrogens (tertiary/aromatic N) is 2. The van der Waals surface area contributed by atoms with Gasteiger partial charge in [0.15, 0.2) is 0 Å². The average Bonchev–Trinajstić information content (AvgIpc) is 2.80. The molecule has 0 spiro atoms. The largest absolute Gasteiger partial charge is 0.299 e. The molecule has 1 aromatic carbocycles. The molecule has 4 nitrogen and oxygen atoms in total. The van der Waals surface area contributed by atoms with Crippen LogP contribution in [0.15, 0.2) is 18.2 Å². The minimum absolute atomic E-state index is 0.00114. The predicted octanol–water partition coefficient (Wildman–Crippen LogP) is 3.73. The molecule has 1 aromatic rings. The Bertz CT molecular complexity index is 477. The van der Waals surface area contributed by atoms with E-state index in [1.807, 2.05) is 6.07 Å². The number of benzene rings is 1. The lowest BCUT2D eigenvalue weighted by Gasteiger charge is -2.17. The van der Waals surface area contributed by atoms with E-state index >= 15 is 0 Å². The van der Waals surface area contributed by atoms with Crippen molar-refractivity contribution in [2.24, 2.45) is 11.8 Å². The summed E-state index contributed by atoms with van der Waals surface area (Å²) < 4.78 is 0. The number of halogens is 1. The van der Waals surface area contributed by atoms with Crippen LogP contribution in [0.3, 0.4) is 0 Å². The Balaban J connectivity index is 2.04. The summed E-state index contributed by atoms with van der Waals surface area (Å²) in [6.07, 6.45) is 1.22. The zero-order chi connectivity index (χ0) is 14.0. The second kappa shape index (κ2) is 5.88. The lowest BCUT2D eigenvalue weighted by Crippen LogP contribution is -2.21. The zero-order valence-corrected chi connectivity index (χ0v) is 12.1. The number of hydrogen-bond acceptors (Lipinski definition) is 3. The highest BCUT2D eigenvalue weighted by atomic mass is 35.5. The first-order valence-electron chi connectivity index (χ1n) is 6.62. The van der Waals surface area contributed by atoms with Crippen molar-refractivity contribution in [3.8, 4) is 0 Å². The summed E-state index contributed by atoms with van der Waals surface area (Å²) in [7, 11) is 0. The smallest absolute Gasteiger partial charge is 0.288 e. The van der Waals surface area contributed by atoms with Crippen LogP contribution < -0.4 is 0 Å².